The molecule has 0 spiro atoms. The summed E-state index contributed by atoms with van der Waals surface area (Å²) < 4.78 is 19.5. The van der Waals surface area contributed by atoms with Gasteiger partial charge in [-0.25, -0.2) is 9.18 Å². The molecule has 0 aliphatic heterocycles. The number of fused-ring (bicyclic) bond motifs is 1. The number of nitrogens with zero attached hydrogens (tertiary/aromatic N) is 1. The number of hydrogen-bond acceptors (Lipinski definition) is 3. The fraction of sp³-hybridized carbons (Fsp3) is 0.263. The summed E-state index contributed by atoms with van der Waals surface area (Å²) in [7, 11) is 0. The molecular weight excluding hydrogens is 323 g/mol. The SMILES string of the molecule is O=C(CCCn1c(=O)oc2ccccc21)NCCc1ccc(F)cc1. The van der Waals surface area contributed by atoms with Crippen LogP contribution in [0, 0.1) is 5.82 Å². The van der Waals surface area contributed by atoms with Gasteiger partial charge in [0.05, 0.1) is 5.52 Å². The quantitative estimate of drug-likeness (QED) is 0.718. The van der Waals surface area contributed by atoms with Gasteiger partial charge in [0.2, 0.25) is 5.91 Å². The summed E-state index contributed by atoms with van der Waals surface area (Å²) in [6.45, 7) is 0.931. The average molecular weight is 342 g/mol. The Morgan fingerprint density at radius 2 is 1.88 bits per heavy atom. The van der Waals surface area contributed by atoms with Crippen LogP contribution < -0.4 is 11.1 Å². The molecule has 0 bridgehead atoms. The molecule has 25 heavy (non-hydrogen) atoms. The van der Waals surface area contributed by atoms with E-state index in [1.54, 1.807) is 22.8 Å². The third-order valence-electron chi connectivity index (χ3n) is 4.01. The molecule has 0 saturated heterocycles. The summed E-state index contributed by atoms with van der Waals surface area (Å²) in [5.41, 5.74) is 2.26. The van der Waals surface area contributed by atoms with Crippen molar-refractivity contribution in [2.45, 2.75) is 25.8 Å². The number of para-hydroxylation sites is 2. The molecule has 0 saturated carbocycles. The lowest BCUT2D eigenvalue weighted by Crippen LogP contribution is -2.26. The van der Waals surface area contributed by atoms with E-state index < -0.39 is 5.76 Å². The van der Waals surface area contributed by atoms with Crippen molar-refractivity contribution in [1.82, 2.24) is 9.88 Å². The van der Waals surface area contributed by atoms with Gasteiger partial charge in [-0.05, 0) is 42.7 Å². The van der Waals surface area contributed by atoms with Crippen molar-refractivity contribution in [3.63, 3.8) is 0 Å². The van der Waals surface area contributed by atoms with E-state index in [-0.39, 0.29) is 11.7 Å². The van der Waals surface area contributed by atoms with Gasteiger partial charge in [-0.3, -0.25) is 9.36 Å². The lowest BCUT2D eigenvalue weighted by atomic mass is 10.1. The lowest BCUT2D eigenvalue weighted by molar-refractivity contribution is -0.121. The standard InChI is InChI=1S/C19H19FN2O3/c20-15-9-7-14(8-10-15)11-12-21-18(23)6-3-13-22-16-4-1-2-5-17(16)25-19(22)24/h1-2,4-5,7-10H,3,6,11-13H2,(H,21,23). The van der Waals surface area contributed by atoms with Crippen molar-refractivity contribution in [3.05, 3.63) is 70.5 Å². The second kappa shape index (κ2) is 7.79. The fourth-order valence-corrected chi connectivity index (χ4v) is 2.71. The van der Waals surface area contributed by atoms with Gasteiger partial charge in [0.25, 0.3) is 0 Å². The van der Waals surface area contributed by atoms with Gasteiger partial charge in [0.15, 0.2) is 5.58 Å². The third kappa shape index (κ3) is 4.35. The summed E-state index contributed by atoms with van der Waals surface area (Å²) in [5, 5.41) is 2.83. The van der Waals surface area contributed by atoms with Crippen molar-refractivity contribution < 1.29 is 13.6 Å². The zero-order chi connectivity index (χ0) is 17.6. The molecular formula is C19H19FN2O3. The zero-order valence-electron chi connectivity index (χ0n) is 13.7. The first kappa shape index (κ1) is 17.0. The first-order valence-corrected chi connectivity index (χ1v) is 8.23. The van der Waals surface area contributed by atoms with Gasteiger partial charge >= 0.3 is 5.76 Å². The molecule has 5 nitrogen and oxygen atoms in total. The van der Waals surface area contributed by atoms with Crippen LogP contribution in [-0.4, -0.2) is 17.0 Å². The highest BCUT2D eigenvalue weighted by molar-refractivity contribution is 5.76. The Labute approximate surface area is 144 Å². The average Bonchev–Trinajstić information content (AvgIpc) is 2.92. The number of benzene rings is 2. The van der Waals surface area contributed by atoms with Crippen molar-refractivity contribution in [2.75, 3.05) is 6.54 Å². The summed E-state index contributed by atoms with van der Waals surface area (Å²) in [4.78, 5) is 23.7. The summed E-state index contributed by atoms with van der Waals surface area (Å²) in [5.74, 6) is -0.740. The molecule has 1 aromatic heterocycles. The molecule has 0 unspecified atom stereocenters. The Morgan fingerprint density at radius 3 is 2.68 bits per heavy atom. The van der Waals surface area contributed by atoms with Gasteiger partial charge in [-0.15, -0.1) is 0 Å². The number of rotatable bonds is 7. The predicted molar refractivity (Wildman–Crippen MR) is 92.8 cm³/mol. The Kier molecular flexibility index (Phi) is 5.28. The minimum atomic E-state index is -0.405. The fourth-order valence-electron chi connectivity index (χ4n) is 2.71. The minimum absolute atomic E-state index is 0.0667. The highest BCUT2D eigenvalue weighted by Crippen LogP contribution is 2.12. The minimum Gasteiger partial charge on any atom is -0.408 e. The van der Waals surface area contributed by atoms with E-state index in [1.807, 2.05) is 18.2 Å². The van der Waals surface area contributed by atoms with E-state index in [0.29, 0.717) is 37.9 Å². The van der Waals surface area contributed by atoms with Crippen LogP contribution in [0.1, 0.15) is 18.4 Å². The third-order valence-corrected chi connectivity index (χ3v) is 4.01. The van der Waals surface area contributed by atoms with Crippen LogP contribution in [-0.2, 0) is 17.8 Å². The van der Waals surface area contributed by atoms with Gasteiger partial charge in [-0.2, -0.15) is 0 Å². The summed E-state index contributed by atoms with van der Waals surface area (Å²) in [6.07, 6.45) is 1.53. The maximum Gasteiger partial charge on any atom is 0.419 e. The highest BCUT2D eigenvalue weighted by Gasteiger charge is 2.09. The lowest BCUT2D eigenvalue weighted by Gasteiger charge is -2.06. The van der Waals surface area contributed by atoms with Crippen LogP contribution in [0.5, 0.6) is 0 Å². The molecule has 3 aromatic rings. The van der Waals surface area contributed by atoms with E-state index >= 15 is 0 Å². The second-order valence-electron chi connectivity index (χ2n) is 5.82. The maximum absolute atomic E-state index is 12.8. The van der Waals surface area contributed by atoms with Crippen molar-refractivity contribution >= 4 is 17.0 Å². The number of aryl methyl sites for hydroxylation is 1. The van der Waals surface area contributed by atoms with Crippen LogP contribution in [0.2, 0.25) is 0 Å². The van der Waals surface area contributed by atoms with Crippen LogP contribution >= 0.6 is 0 Å². The highest BCUT2D eigenvalue weighted by atomic mass is 19.1. The molecule has 1 amide bonds. The molecule has 0 fully saturated rings. The number of aromatic nitrogens is 1. The van der Waals surface area contributed by atoms with Crippen LogP contribution in [0.4, 0.5) is 4.39 Å². The Morgan fingerprint density at radius 1 is 1.12 bits per heavy atom. The van der Waals surface area contributed by atoms with Crippen molar-refractivity contribution in [2.24, 2.45) is 0 Å². The van der Waals surface area contributed by atoms with Crippen molar-refractivity contribution in [1.29, 1.82) is 0 Å². The van der Waals surface area contributed by atoms with Gasteiger partial charge < -0.3 is 9.73 Å². The maximum atomic E-state index is 12.8. The van der Waals surface area contributed by atoms with E-state index in [2.05, 4.69) is 5.32 Å². The number of carbonyl (C=O) groups is 1. The number of hydrogen-bond donors (Lipinski definition) is 1. The topological polar surface area (TPSA) is 64.2 Å². The number of carbonyl (C=O) groups excluding carboxylic acids is 1. The van der Waals surface area contributed by atoms with Gasteiger partial charge in [-0.1, -0.05) is 24.3 Å². The monoisotopic (exact) mass is 342 g/mol. The van der Waals surface area contributed by atoms with Crippen LogP contribution in [0.3, 0.4) is 0 Å². The number of halogens is 1. The Hall–Kier alpha value is -2.89. The van der Waals surface area contributed by atoms with E-state index in [1.165, 1.54) is 12.1 Å². The number of amides is 1. The molecule has 130 valence electrons. The molecule has 1 N–H and O–H groups in total. The Balaban J connectivity index is 1.44. The second-order valence-corrected chi connectivity index (χ2v) is 5.82. The number of oxazole rings is 1. The van der Waals surface area contributed by atoms with Crippen LogP contribution in [0.25, 0.3) is 11.1 Å². The molecule has 2 aromatic carbocycles. The largest absolute Gasteiger partial charge is 0.419 e. The molecule has 6 heteroatoms. The van der Waals surface area contributed by atoms with E-state index in [9.17, 15) is 14.0 Å². The molecule has 1 heterocycles. The first-order chi connectivity index (χ1) is 12.1. The molecule has 3 rings (SSSR count). The van der Waals surface area contributed by atoms with E-state index in [0.717, 1.165) is 11.1 Å². The van der Waals surface area contributed by atoms with E-state index in [4.69, 9.17) is 4.42 Å². The molecule has 0 aliphatic rings. The van der Waals surface area contributed by atoms with Gasteiger partial charge in [0, 0.05) is 19.5 Å². The predicted octanol–water partition coefficient (Wildman–Crippen LogP) is 2.87. The van der Waals surface area contributed by atoms with Gasteiger partial charge in [0.1, 0.15) is 5.82 Å². The summed E-state index contributed by atoms with van der Waals surface area (Å²) >= 11 is 0. The normalized spacial score (nSPS) is 10.9. The zero-order valence-corrected chi connectivity index (χ0v) is 13.7. The van der Waals surface area contributed by atoms with Crippen LogP contribution in [0.15, 0.2) is 57.7 Å². The molecule has 0 atom stereocenters. The Bertz CT molecular complexity index is 912. The molecule has 0 aliphatic carbocycles. The summed E-state index contributed by atoms with van der Waals surface area (Å²) in [6, 6.07) is 13.4. The van der Waals surface area contributed by atoms with Crippen molar-refractivity contribution in [3.8, 4) is 0 Å². The number of nitrogens with one attached hydrogen (secondary N) is 1. The molecule has 0 radical (unpaired) electrons. The first-order valence-electron chi connectivity index (χ1n) is 8.23. The smallest absolute Gasteiger partial charge is 0.408 e.